The maximum atomic E-state index is 12.5. The molecule has 2 aliphatic heterocycles. The fourth-order valence-electron chi connectivity index (χ4n) is 4.52. The lowest BCUT2D eigenvalue weighted by atomic mass is 10.1. The first kappa shape index (κ1) is 25.8. The molecule has 1 amide bonds. The predicted molar refractivity (Wildman–Crippen MR) is 138 cm³/mol. The first-order valence-electron chi connectivity index (χ1n) is 12.5. The molecule has 8 heteroatoms. The van der Waals surface area contributed by atoms with Crippen LogP contribution in [0.25, 0.3) is 0 Å². The topological polar surface area (TPSA) is 63.3 Å². The van der Waals surface area contributed by atoms with Crippen molar-refractivity contribution in [3.63, 3.8) is 0 Å². The van der Waals surface area contributed by atoms with Gasteiger partial charge in [-0.3, -0.25) is 14.6 Å². The Morgan fingerprint density at radius 1 is 1.06 bits per heavy atom. The van der Waals surface area contributed by atoms with Crippen LogP contribution in [-0.2, 0) is 11.3 Å². The normalized spacial score (nSPS) is 17.8. The van der Waals surface area contributed by atoms with Crippen LogP contribution in [0.15, 0.2) is 42.5 Å². The van der Waals surface area contributed by atoms with Gasteiger partial charge in [0.05, 0.1) is 25.3 Å². The molecule has 0 bridgehead atoms. The highest BCUT2D eigenvalue weighted by Crippen LogP contribution is 2.29. The van der Waals surface area contributed by atoms with E-state index in [0.29, 0.717) is 22.9 Å². The van der Waals surface area contributed by atoms with Gasteiger partial charge in [-0.2, -0.15) is 0 Å². The fraction of sp³-hybridized carbons (Fsp3) is 0.519. The zero-order valence-electron chi connectivity index (χ0n) is 20.5. The third-order valence-electron chi connectivity index (χ3n) is 6.63. The smallest absolute Gasteiger partial charge is 0.251 e. The van der Waals surface area contributed by atoms with Gasteiger partial charge in [-0.1, -0.05) is 23.7 Å². The number of piperidine rings is 1. The van der Waals surface area contributed by atoms with Gasteiger partial charge in [0.2, 0.25) is 0 Å². The molecule has 2 fully saturated rings. The summed E-state index contributed by atoms with van der Waals surface area (Å²) < 4.78 is 16.8. The molecule has 0 radical (unpaired) electrons. The summed E-state index contributed by atoms with van der Waals surface area (Å²) in [5, 5.41) is 3.47. The number of nitrogens with zero attached hydrogens (tertiary/aromatic N) is 2. The van der Waals surface area contributed by atoms with E-state index in [-0.39, 0.29) is 12.0 Å². The lowest BCUT2D eigenvalue weighted by Crippen LogP contribution is -2.38. The van der Waals surface area contributed by atoms with E-state index in [1.807, 2.05) is 18.2 Å². The van der Waals surface area contributed by atoms with Crippen LogP contribution >= 0.6 is 11.6 Å². The quantitative estimate of drug-likeness (QED) is 0.499. The van der Waals surface area contributed by atoms with Crippen molar-refractivity contribution in [1.82, 2.24) is 15.1 Å². The lowest BCUT2D eigenvalue weighted by Gasteiger charge is -2.32. The number of halogens is 1. The summed E-state index contributed by atoms with van der Waals surface area (Å²) >= 11 is 6.47. The van der Waals surface area contributed by atoms with Crippen molar-refractivity contribution in [1.29, 1.82) is 0 Å². The van der Waals surface area contributed by atoms with Gasteiger partial charge in [0, 0.05) is 44.8 Å². The Bertz CT molecular complexity index is 942. The maximum absolute atomic E-state index is 12.5. The minimum absolute atomic E-state index is 0.104. The number of carbonyl (C=O) groups is 1. The van der Waals surface area contributed by atoms with Crippen LogP contribution in [0.5, 0.6) is 11.5 Å². The highest BCUT2D eigenvalue weighted by molar-refractivity contribution is 6.32. The lowest BCUT2D eigenvalue weighted by molar-refractivity contribution is 0.0374. The van der Waals surface area contributed by atoms with Crippen LogP contribution < -0.4 is 14.8 Å². The summed E-state index contributed by atoms with van der Waals surface area (Å²) in [4.78, 5) is 17.3. The van der Waals surface area contributed by atoms with Crippen molar-refractivity contribution >= 4 is 17.5 Å². The molecule has 2 saturated heterocycles. The van der Waals surface area contributed by atoms with Gasteiger partial charge in [-0.05, 0) is 61.7 Å². The van der Waals surface area contributed by atoms with E-state index in [2.05, 4.69) is 27.2 Å². The molecule has 7 nitrogen and oxygen atoms in total. The highest BCUT2D eigenvalue weighted by Gasteiger charge is 2.22. The van der Waals surface area contributed by atoms with Crippen LogP contribution in [0.1, 0.15) is 35.2 Å². The second-order valence-electron chi connectivity index (χ2n) is 9.15. The van der Waals surface area contributed by atoms with Crippen molar-refractivity contribution in [2.24, 2.45) is 0 Å². The predicted octanol–water partition coefficient (Wildman–Crippen LogP) is 3.84. The number of carbonyl (C=O) groups excluding carboxylic acids is 1. The van der Waals surface area contributed by atoms with Gasteiger partial charge in [-0.25, -0.2) is 0 Å². The molecule has 35 heavy (non-hydrogen) atoms. The minimum atomic E-state index is -0.104. The third-order valence-corrected chi connectivity index (χ3v) is 6.92. The fourth-order valence-corrected chi connectivity index (χ4v) is 4.75. The Balaban J connectivity index is 1.18. The summed E-state index contributed by atoms with van der Waals surface area (Å²) in [6.07, 6.45) is 2.92. The summed E-state index contributed by atoms with van der Waals surface area (Å²) in [6, 6.07) is 13.5. The third kappa shape index (κ3) is 7.84. The van der Waals surface area contributed by atoms with E-state index in [9.17, 15) is 4.79 Å². The van der Waals surface area contributed by atoms with E-state index in [1.165, 1.54) is 5.56 Å². The number of hydrogen-bond donors (Lipinski definition) is 1. The van der Waals surface area contributed by atoms with Gasteiger partial charge in [0.1, 0.15) is 17.6 Å². The van der Waals surface area contributed by atoms with Gasteiger partial charge < -0.3 is 19.5 Å². The Kier molecular flexibility index (Phi) is 9.66. The number of likely N-dealkylation sites (tertiary alicyclic amines) is 1. The minimum Gasteiger partial charge on any atom is -0.497 e. The molecular formula is C27H36ClN3O4. The van der Waals surface area contributed by atoms with Crippen molar-refractivity contribution < 1.29 is 19.0 Å². The van der Waals surface area contributed by atoms with Crippen molar-refractivity contribution in [2.75, 3.05) is 59.6 Å². The number of ether oxygens (including phenoxy) is 3. The SMILES string of the molecule is COc1ccc(CN2CCC(Oc3ccc(C(=O)NCCCN4CCOCC4)cc3Cl)CC2)cc1. The van der Waals surface area contributed by atoms with Crippen molar-refractivity contribution in [3.05, 3.63) is 58.6 Å². The van der Waals surface area contributed by atoms with E-state index in [0.717, 1.165) is 77.5 Å². The summed E-state index contributed by atoms with van der Waals surface area (Å²) in [5.41, 5.74) is 1.84. The molecule has 0 saturated carbocycles. The van der Waals surface area contributed by atoms with Gasteiger partial charge >= 0.3 is 0 Å². The molecule has 190 valence electrons. The standard InChI is InChI=1S/C27H36ClN3O4/c1-33-23-6-3-21(4-7-23)20-31-13-9-24(10-14-31)35-26-8-5-22(19-25(26)28)27(32)29-11-2-12-30-15-17-34-18-16-30/h3-8,19,24H,2,9-18,20H2,1H3,(H,29,32). The monoisotopic (exact) mass is 501 g/mol. The summed E-state index contributed by atoms with van der Waals surface area (Å²) in [6.45, 7) is 7.99. The average molecular weight is 502 g/mol. The van der Waals surface area contributed by atoms with Crippen LogP contribution in [0, 0.1) is 0 Å². The first-order valence-corrected chi connectivity index (χ1v) is 12.9. The van der Waals surface area contributed by atoms with Crippen molar-refractivity contribution in [3.8, 4) is 11.5 Å². The number of morpholine rings is 1. The molecule has 0 spiro atoms. The van der Waals surface area contributed by atoms with Gasteiger partial charge in [0.15, 0.2) is 0 Å². The number of nitrogens with one attached hydrogen (secondary N) is 1. The Morgan fingerprint density at radius 3 is 2.49 bits per heavy atom. The Hall–Kier alpha value is -2.32. The zero-order chi connectivity index (χ0) is 24.5. The molecule has 2 heterocycles. The number of hydrogen-bond acceptors (Lipinski definition) is 6. The number of rotatable bonds is 10. The molecular weight excluding hydrogens is 466 g/mol. The average Bonchev–Trinajstić information content (AvgIpc) is 2.90. The van der Waals surface area contributed by atoms with E-state index >= 15 is 0 Å². The number of methoxy groups -OCH3 is 1. The summed E-state index contributed by atoms with van der Waals surface area (Å²) in [7, 11) is 1.68. The zero-order valence-corrected chi connectivity index (χ0v) is 21.3. The Morgan fingerprint density at radius 2 is 1.80 bits per heavy atom. The van der Waals surface area contributed by atoms with E-state index in [4.69, 9.17) is 25.8 Å². The highest BCUT2D eigenvalue weighted by atomic mass is 35.5. The van der Waals surface area contributed by atoms with Crippen LogP contribution in [-0.4, -0.2) is 81.4 Å². The molecule has 2 aromatic carbocycles. The summed E-state index contributed by atoms with van der Waals surface area (Å²) in [5.74, 6) is 1.42. The van der Waals surface area contributed by atoms with E-state index < -0.39 is 0 Å². The van der Waals surface area contributed by atoms with Crippen LogP contribution in [0.4, 0.5) is 0 Å². The largest absolute Gasteiger partial charge is 0.497 e. The molecule has 4 rings (SSSR count). The maximum Gasteiger partial charge on any atom is 0.251 e. The molecule has 0 unspecified atom stereocenters. The van der Waals surface area contributed by atoms with Crippen LogP contribution in [0.3, 0.4) is 0 Å². The molecule has 2 aliphatic rings. The first-order chi connectivity index (χ1) is 17.1. The second kappa shape index (κ2) is 13.1. The van der Waals surface area contributed by atoms with Crippen LogP contribution in [0.2, 0.25) is 5.02 Å². The number of benzene rings is 2. The van der Waals surface area contributed by atoms with Gasteiger partial charge in [-0.15, -0.1) is 0 Å². The second-order valence-corrected chi connectivity index (χ2v) is 9.56. The Labute approximate surface area is 213 Å². The number of amides is 1. The molecule has 0 aliphatic carbocycles. The molecule has 1 N–H and O–H groups in total. The van der Waals surface area contributed by atoms with E-state index in [1.54, 1.807) is 19.2 Å². The molecule has 0 atom stereocenters. The van der Waals surface area contributed by atoms with Gasteiger partial charge in [0.25, 0.3) is 5.91 Å². The molecule has 2 aromatic rings. The molecule has 0 aromatic heterocycles. The van der Waals surface area contributed by atoms with Crippen molar-refractivity contribution in [2.45, 2.75) is 31.9 Å².